The highest BCUT2D eigenvalue weighted by molar-refractivity contribution is 7.18. The fourth-order valence-electron chi connectivity index (χ4n) is 1.52. The Balaban J connectivity index is 1.95. The molecule has 0 unspecified atom stereocenters. The van der Waals surface area contributed by atoms with Gasteiger partial charge in [-0.2, -0.15) is 0 Å². The van der Waals surface area contributed by atoms with Crippen molar-refractivity contribution >= 4 is 28.2 Å². The highest BCUT2D eigenvalue weighted by Crippen LogP contribution is 2.25. The number of hydrogen-bond acceptors (Lipinski definition) is 6. The lowest BCUT2D eigenvalue weighted by Crippen LogP contribution is -2.22. The molecule has 0 fully saturated rings. The Labute approximate surface area is 121 Å². The second-order valence-corrected chi connectivity index (χ2v) is 5.82. The Bertz CT molecular complexity index is 563. The summed E-state index contributed by atoms with van der Waals surface area (Å²) in [7, 11) is 0. The van der Waals surface area contributed by atoms with E-state index in [1.54, 1.807) is 18.6 Å². The smallest absolute Gasteiger partial charge is 0.265 e. The van der Waals surface area contributed by atoms with Crippen molar-refractivity contribution in [1.29, 1.82) is 0 Å². The molecule has 0 aliphatic rings. The Morgan fingerprint density at radius 1 is 1.55 bits per heavy atom. The molecule has 0 aromatic carbocycles. The molecular formula is C13H18N4O2S. The first-order valence-corrected chi connectivity index (χ1v) is 7.17. The number of carbonyl (C=O) groups excluding carboxylic acids is 1. The summed E-state index contributed by atoms with van der Waals surface area (Å²) >= 11 is 1.26. The molecule has 0 radical (unpaired) electrons. The number of anilines is 2. The first-order chi connectivity index (χ1) is 9.56. The van der Waals surface area contributed by atoms with Crippen molar-refractivity contribution in [3.63, 3.8) is 0 Å². The van der Waals surface area contributed by atoms with Gasteiger partial charge in [-0.1, -0.05) is 25.2 Å². The Morgan fingerprint density at radius 3 is 3.00 bits per heavy atom. The third-order valence-corrected chi connectivity index (χ3v) is 3.58. The summed E-state index contributed by atoms with van der Waals surface area (Å²) < 4.78 is 4.94. The number of nitrogen functional groups attached to an aromatic ring is 1. The van der Waals surface area contributed by atoms with Crippen molar-refractivity contribution in [2.45, 2.75) is 20.4 Å². The molecule has 0 spiro atoms. The fraction of sp³-hybridized carbons (Fsp3) is 0.385. The van der Waals surface area contributed by atoms with Gasteiger partial charge in [-0.25, -0.2) is 4.98 Å². The molecule has 2 aromatic rings. The van der Waals surface area contributed by atoms with Crippen LogP contribution in [0, 0.1) is 5.92 Å². The Kier molecular flexibility index (Phi) is 4.62. The lowest BCUT2D eigenvalue weighted by atomic mass is 10.2. The van der Waals surface area contributed by atoms with Gasteiger partial charge in [-0.3, -0.25) is 4.79 Å². The molecule has 108 valence electrons. The van der Waals surface area contributed by atoms with Gasteiger partial charge in [0.25, 0.3) is 5.91 Å². The molecule has 0 atom stereocenters. The highest BCUT2D eigenvalue weighted by Gasteiger charge is 2.16. The Morgan fingerprint density at radius 2 is 2.35 bits per heavy atom. The van der Waals surface area contributed by atoms with Gasteiger partial charge in [0.2, 0.25) is 0 Å². The van der Waals surface area contributed by atoms with E-state index >= 15 is 0 Å². The van der Waals surface area contributed by atoms with Crippen LogP contribution in [0.1, 0.15) is 29.1 Å². The van der Waals surface area contributed by atoms with E-state index in [1.165, 1.54) is 11.3 Å². The van der Waals surface area contributed by atoms with Gasteiger partial charge >= 0.3 is 0 Å². The lowest BCUT2D eigenvalue weighted by molar-refractivity contribution is 0.0955. The van der Waals surface area contributed by atoms with Crippen molar-refractivity contribution in [3.05, 3.63) is 29.0 Å². The summed E-state index contributed by atoms with van der Waals surface area (Å²) in [5, 5.41) is 6.62. The van der Waals surface area contributed by atoms with Crippen molar-refractivity contribution < 1.29 is 9.21 Å². The fourth-order valence-corrected chi connectivity index (χ4v) is 2.33. The SMILES string of the molecule is CC(C)CNc1nc(N)c(C(=O)NCc2ccoc2)s1. The second kappa shape index (κ2) is 6.42. The molecule has 20 heavy (non-hydrogen) atoms. The van der Waals surface area contributed by atoms with Gasteiger partial charge in [0.1, 0.15) is 10.7 Å². The summed E-state index contributed by atoms with van der Waals surface area (Å²) in [6, 6.07) is 1.80. The van der Waals surface area contributed by atoms with Crippen molar-refractivity contribution in [1.82, 2.24) is 10.3 Å². The molecule has 7 heteroatoms. The van der Waals surface area contributed by atoms with Crippen LogP contribution in [-0.4, -0.2) is 17.4 Å². The van der Waals surface area contributed by atoms with E-state index in [1.807, 2.05) is 0 Å². The third kappa shape index (κ3) is 3.74. The summed E-state index contributed by atoms with van der Waals surface area (Å²) in [6.07, 6.45) is 3.16. The predicted molar refractivity (Wildman–Crippen MR) is 79.7 cm³/mol. The van der Waals surface area contributed by atoms with Crippen molar-refractivity contribution in [2.24, 2.45) is 5.92 Å². The van der Waals surface area contributed by atoms with Crippen LogP contribution in [0.2, 0.25) is 0 Å². The zero-order valence-corrected chi connectivity index (χ0v) is 12.3. The number of nitrogens with two attached hydrogens (primary N) is 1. The van der Waals surface area contributed by atoms with Crippen LogP contribution >= 0.6 is 11.3 Å². The standard InChI is InChI=1S/C13H18N4O2S/c1-8(2)5-16-13-17-11(14)10(20-13)12(18)15-6-9-3-4-19-7-9/h3-4,7-8H,5-6,14H2,1-2H3,(H,15,18)(H,16,17). The lowest BCUT2D eigenvalue weighted by Gasteiger charge is -2.04. The maximum Gasteiger partial charge on any atom is 0.265 e. The summed E-state index contributed by atoms with van der Waals surface area (Å²) in [4.78, 5) is 16.6. The quantitative estimate of drug-likeness (QED) is 0.760. The first-order valence-electron chi connectivity index (χ1n) is 6.35. The normalized spacial score (nSPS) is 10.8. The van der Waals surface area contributed by atoms with E-state index in [0.717, 1.165) is 12.1 Å². The summed E-state index contributed by atoms with van der Waals surface area (Å²) in [5.41, 5.74) is 6.68. The summed E-state index contributed by atoms with van der Waals surface area (Å²) in [6.45, 7) is 5.40. The molecule has 0 bridgehead atoms. The average molecular weight is 294 g/mol. The maximum atomic E-state index is 12.0. The zero-order chi connectivity index (χ0) is 14.5. The molecule has 2 aromatic heterocycles. The van der Waals surface area contributed by atoms with Crippen LogP contribution in [0.4, 0.5) is 10.9 Å². The van der Waals surface area contributed by atoms with Crippen LogP contribution in [0.3, 0.4) is 0 Å². The van der Waals surface area contributed by atoms with Crippen molar-refractivity contribution in [3.8, 4) is 0 Å². The van der Waals surface area contributed by atoms with Crippen LogP contribution < -0.4 is 16.4 Å². The summed E-state index contributed by atoms with van der Waals surface area (Å²) in [5.74, 6) is 0.531. The number of hydrogen-bond donors (Lipinski definition) is 3. The third-order valence-electron chi connectivity index (χ3n) is 2.55. The number of thiazole rings is 1. The van der Waals surface area contributed by atoms with E-state index < -0.39 is 0 Å². The molecule has 0 saturated carbocycles. The largest absolute Gasteiger partial charge is 0.472 e. The second-order valence-electron chi connectivity index (χ2n) is 4.82. The number of amides is 1. The van der Waals surface area contributed by atoms with E-state index in [2.05, 4.69) is 29.5 Å². The average Bonchev–Trinajstić information content (AvgIpc) is 3.03. The van der Waals surface area contributed by atoms with Gasteiger partial charge < -0.3 is 20.8 Å². The molecule has 4 N–H and O–H groups in total. The molecule has 0 aliphatic carbocycles. The number of nitrogens with one attached hydrogen (secondary N) is 2. The number of furan rings is 1. The van der Waals surface area contributed by atoms with Crippen LogP contribution in [0.5, 0.6) is 0 Å². The first kappa shape index (κ1) is 14.4. The predicted octanol–water partition coefficient (Wildman–Crippen LogP) is 2.32. The van der Waals surface area contributed by atoms with Gasteiger partial charge in [-0.15, -0.1) is 0 Å². The van der Waals surface area contributed by atoms with Gasteiger partial charge in [0.15, 0.2) is 5.13 Å². The Hall–Kier alpha value is -2.02. The molecule has 0 aliphatic heterocycles. The van der Waals surface area contributed by atoms with Crippen LogP contribution in [0.25, 0.3) is 0 Å². The molecule has 6 nitrogen and oxygen atoms in total. The molecule has 2 rings (SSSR count). The highest BCUT2D eigenvalue weighted by atomic mass is 32.1. The zero-order valence-electron chi connectivity index (χ0n) is 11.5. The van der Waals surface area contributed by atoms with Crippen molar-refractivity contribution in [2.75, 3.05) is 17.6 Å². The maximum absolute atomic E-state index is 12.0. The van der Waals surface area contributed by atoms with Crippen LogP contribution in [-0.2, 0) is 6.54 Å². The molecular weight excluding hydrogens is 276 g/mol. The van der Waals surface area contributed by atoms with Crippen LogP contribution in [0.15, 0.2) is 23.0 Å². The number of carbonyl (C=O) groups is 1. The van der Waals surface area contributed by atoms with Gasteiger partial charge in [-0.05, 0) is 12.0 Å². The topological polar surface area (TPSA) is 93.2 Å². The number of nitrogens with zero attached hydrogens (tertiary/aromatic N) is 1. The van der Waals surface area contributed by atoms with E-state index in [0.29, 0.717) is 22.5 Å². The van der Waals surface area contributed by atoms with E-state index in [9.17, 15) is 4.79 Å². The minimum Gasteiger partial charge on any atom is -0.472 e. The minimum absolute atomic E-state index is 0.223. The number of aromatic nitrogens is 1. The molecule has 2 heterocycles. The number of rotatable bonds is 6. The van der Waals surface area contributed by atoms with Gasteiger partial charge in [0, 0.05) is 18.7 Å². The van der Waals surface area contributed by atoms with E-state index in [-0.39, 0.29) is 11.7 Å². The molecule has 1 amide bonds. The monoisotopic (exact) mass is 294 g/mol. The minimum atomic E-state index is -0.223. The van der Waals surface area contributed by atoms with E-state index in [4.69, 9.17) is 10.2 Å². The molecule has 0 saturated heterocycles. The van der Waals surface area contributed by atoms with Gasteiger partial charge in [0.05, 0.1) is 12.5 Å².